The molecule has 0 aliphatic heterocycles. The number of methoxy groups -OCH3 is 1. The van der Waals surface area contributed by atoms with Gasteiger partial charge in [0.1, 0.15) is 0 Å². The number of benzene rings is 2. The summed E-state index contributed by atoms with van der Waals surface area (Å²) in [6, 6.07) is 15.5. The number of nitrogens with zero attached hydrogens (tertiary/aromatic N) is 3. The van der Waals surface area contributed by atoms with Gasteiger partial charge in [0.2, 0.25) is 5.91 Å². The number of carbonyl (C=O) groups is 1. The fourth-order valence-electron chi connectivity index (χ4n) is 3.54. The third-order valence-corrected chi connectivity index (χ3v) is 6.08. The standard InChI is InChI=1S/C25H32N4O3S/c1-16(2)19-11-7-8-12-20(19)26-23(30)15-33-25-28-27-24(29(25)17(3)4)18(5)32-22-14-10-9-13-21(22)31-6/h7-14,16-18H,15H2,1-6H3,(H,26,30). The van der Waals surface area contributed by atoms with Crippen molar-refractivity contribution in [3.05, 3.63) is 59.9 Å². The third kappa shape index (κ3) is 6.07. The van der Waals surface area contributed by atoms with Crippen LogP contribution < -0.4 is 14.8 Å². The molecule has 2 aromatic carbocycles. The highest BCUT2D eigenvalue weighted by atomic mass is 32.2. The van der Waals surface area contributed by atoms with E-state index in [1.54, 1.807) is 7.11 Å². The maximum Gasteiger partial charge on any atom is 0.234 e. The van der Waals surface area contributed by atoms with E-state index in [1.165, 1.54) is 11.8 Å². The molecule has 0 aliphatic carbocycles. The number of aromatic nitrogens is 3. The van der Waals surface area contributed by atoms with E-state index in [0.717, 1.165) is 11.3 Å². The topological polar surface area (TPSA) is 78.3 Å². The van der Waals surface area contributed by atoms with E-state index in [4.69, 9.17) is 9.47 Å². The molecule has 33 heavy (non-hydrogen) atoms. The van der Waals surface area contributed by atoms with Crippen molar-refractivity contribution in [2.24, 2.45) is 0 Å². The highest BCUT2D eigenvalue weighted by Crippen LogP contribution is 2.32. The van der Waals surface area contributed by atoms with Crippen molar-refractivity contribution in [1.29, 1.82) is 0 Å². The second-order valence-electron chi connectivity index (χ2n) is 8.29. The van der Waals surface area contributed by atoms with Gasteiger partial charge in [0, 0.05) is 11.7 Å². The van der Waals surface area contributed by atoms with Crippen molar-refractivity contribution in [1.82, 2.24) is 14.8 Å². The van der Waals surface area contributed by atoms with E-state index < -0.39 is 0 Å². The first kappa shape index (κ1) is 24.6. The molecule has 0 radical (unpaired) electrons. The van der Waals surface area contributed by atoms with Gasteiger partial charge in [-0.25, -0.2) is 0 Å². The number of amides is 1. The Hall–Kier alpha value is -3.00. The number of para-hydroxylation sites is 3. The predicted octanol–water partition coefficient (Wildman–Crippen LogP) is 5.86. The van der Waals surface area contributed by atoms with E-state index in [-0.39, 0.29) is 23.8 Å². The molecule has 1 N–H and O–H groups in total. The summed E-state index contributed by atoms with van der Waals surface area (Å²) in [4.78, 5) is 12.7. The molecule has 8 heteroatoms. The van der Waals surface area contributed by atoms with Crippen molar-refractivity contribution in [3.63, 3.8) is 0 Å². The van der Waals surface area contributed by atoms with Gasteiger partial charge in [0.15, 0.2) is 28.6 Å². The summed E-state index contributed by atoms with van der Waals surface area (Å²) < 4.78 is 13.5. The van der Waals surface area contributed by atoms with Crippen LogP contribution >= 0.6 is 11.8 Å². The maximum atomic E-state index is 12.7. The summed E-state index contributed by atoms with van der Waals surface area (Å²) in [6.07, 6.45) is -0.350. The minimum Gasteiger partial charge on any atom is -0.493 e. The molecular formula is C25H32N4O3S. The lowest BCUT2D eigenvalue weighted by Gasteiger charge is -2.20. The summed E-state index contributed by atoms with van der Waals surface area (Å²) >= 11 is 1.37. The number of rotatable bonds is 10. The lowest BCUT2D eigenvalue weighted by Crippen LogP contribution is -2.17. The molecule has 0 saturated carbocycles. The summed E-state index contributed by atoms with van der Waals surface area (Å²) in [5.74, 6) is 2.48. The summed E-state index contributed by atoms with van der Waals surface area (Å²) in [6.45, 7) is 10.3. The molecule has 0 spiro atoms. The van der Waals surface area contributed by atoms with Crippen molar-refractivity contribution in [2.45, 2.75) is 57.8 Å². The zero-order valence-corrected chi connectivity index (χ0v) is 20.8. The Morgan fingerprint density at radius 2 is 1.67 bits per heavy atom. The SMILES string of the molecule is COc1ccccc1OC(C)c1nnc(SCC(=O)Nc2ccccc2C(C)C)n1C(C)C. The van der Waals surface area contributed by atoms with Crippen molar-refractivity contribution in [2.75, 3.05) is 18.2 Å². The molecule has 0 aliphatic rings. The number of nitrogens with one attached hydrogen (secondary N) is 1. The zero-order valence-electron chi connectivity index (χ0n) is 20.0. The van der Waals surface area contributed by atoms with Gasteiger partial charge in [-0.1, -0.05) is 55.9 Å². The summed E-state index contributed by atoms with van der Waals surface area (Å²) in [5.41, 5.74) is 1.97. The molecule has 1 heterocycles. The molecule has 3 aromatic rings. The third-order valence-electron chi connectivity index (χ3n) is 5.13. The van der Waals surface area contributed by atoms with Crippen LogP contribution in [0.2, 0.25) is 0 Å². The Balaban J connectivity index is 1.71. The van der Waals surface area contributed by atoms with Gasteiger partial charge in [-0.15, -0.1) is 10.2 Å². The van der Waals surface area contributed by atoms with Crippen LogP contribution in [0.5, 0.6) is 11.5 Å². The van der Waals surface area contributed by atoms with E-state index >= 15 is 0 Å². The highest BCUT2D eigenvalue weighted by molar-refractivity contribution is 7.99. The number of ether oxygens (including phenoxy) is 2. The predicted molar refractivity (Wildman–Crippen MR) is 132 cm³/mol. The van der Waals surface area contributed by atoms with E-state index in [2.05, 4.69) is 43.2 Å². The lowest BCUT2D eigenvalue weighted by molar-refractivity contribution is -0.113. The van der Waals surface area contributed by atoms with Gasteiger partial charge < -0.3 is 19.4 Å². The van der Waals surface area contributed by atoms with Gasteiger partial charge in [0.05, 0.1) is 12.9 Å². The van der Waals surface area contributed by atoms with Crippen LogP contribution in [0.15, 0.2) is 53.7 Å². The molecule has 1 aromatic heterocycles. The van der Waals surface area contributed by atoms with Gasteiger partial charge in [-0.3, -0.25) is 4.79 Å². The van der Waals surface area contributed by atoms with Crippen molar-refractivity contribution < 1.29 is 14.3 Å². The smallest absolute Gasteiger partial charge is 0.234 e. The second kappa shape index (κ2) is 11.2. The molecule has 0 bridgehead atoms. The molecule has 3 rings (SSSR count). The molecule has 1 unspecified atom stereocenters. The molecule has 176 valence electrons. The Morgan fingerprint density at radius 1 is 1.00 bits per heavy atom. The van der Waals surface area contributed by atoms with Crippen molar-refractivity contribution in [3.8, 4) is 11.5 Å². The molecule has 0 fully saturated rings. The van der Waals surface area contributed by atoms with Gasteiger partial charge in [-0.2, -0.15) is 0 Å². The van der Waals surface area contributed by atoms with Crippen LogP contribution in [0.1, 0.15) is 64.1 Å². The first-order valence-corrected chi connectivity index (χ1v) is 12.1. The molecule has 1 amide bonds. The summed E-state index contributed by atoms with van der Waals surface area (Å²) in [5, 5.41) is 12.4. The van der Waals surface area contributed by atoms with Crippen molar-refractivity contribution >= 4 is 23.4 Å². The number of hydrogen-bond donors (Lipinski definition) is 1. The second-order valence-corrected chi connectivity index (χ2v) is 9.24. The van der Waals surface area contributed by atoms with E-state index in [0.29, 0.717) is 28.4 Å². The largest absolute Gasteiger partial charge is 0.493 e. The first-order valence-electron chi connectivity index (χ1n) is 11.1. The summed E-state index contributed by atoms with van der Waals surface area (Å²) in [7, 11) is 1.61. The van der Waals surface area contributed by atoms with Gasteiger partial charge >= 0.3 is 0 Å². The fourth-order valence-corrected chi connectivity index (χ4v) is 4.41. The lowest BCUT2D eigenvalue weighted by atomic mass is 10.0. The average Bonchev–Trinajstić information content (AvgIpc) is 3.23. The molecular weight excluding hydrogens is 436 g/mol. The van der Waals surface area contributed by atoms with Crippen LogP contribution in [0, 0.1) is 0 Å². The monoisotopic (exact) mass is 468 g/mol. The molecule has 0 saturated heterocycles. The minimum atomic E-state index is -0.350. The number of hydrogen-bond acceptors (Lipinski definition) is 6. The van der Waals surface area contributed by atoms with E-state index in [1.807, 2.05) is 60.0 Å². The van der Waals surface area contributed by atoms with Crippen LogP contribution in [0.4, 0.5) is 5.69 Å². The van der Waals surface area contributed by atoms with Gasteiger partial charge in [0.25, 0.3) is 0 Å². The molecule has 1 atom stereocenters. The van der Waals surface area contributed by atoms with Crippen LogP contribution in [0.25, 0.3) is 0 Å². The van der Waals surface area contributed by atoms with E-state index in [9.17, 15) is 4.79 Å². The quantitative estimate of drug-likeness (QED) is 0.375. The zero-order chi connectivity index (χ0) is 24.0. The Morgan fingerprint density at radius 3 is 2.33 bits per heavy atom. The van der Waals surface area contributed by atoms with Gasteiger partial charge in [-0.05, 0) is 50.5 Å². The number of anilines is 1. The number of carbonyl (C=O) groups excluding carboxylic acids is 1. The maximum absolute atomic E-state index is 12.7. The molecule has 7 nitrogen and oxygen atoms in total. The number of thioether (sulfide) groups is 1. The Kier molecular flexibility index (Phi) is 8.38. The van der Waals surface area contributed by atoms with Crippen LogP contribution in [0.3, 0.4) is 0 Å². The van der Waals surface area contributed by atoms with Crippen LogP contribution in [-0.4, -0.2) is 33.5 Å². The normalized spacial score (nSPS) is 12.1. The first-order chi connectivity index (χ1) is 15.8. The Bertz CT molecular complexity index is 1080. The Labute approximate surface area is 199 Å². The fraction of sp³-hybridized carbons (Fsp3) is 0.400. The van der Waals surface area contributed by atoms with Crippen LogP contribution in [-0.2, 0) is 4.79 Å². The highest BCUT2D eigenvalue weighted by Gasteiger charge is 2.23. The minimum absolute atomic E-state index is 0.0775. The average molecular weight is 469 g/mol.